The summed E-state index contributed by atoms with van der Waals surface area (Å²) < 4.78 is 25.6. The van der Waals surface area contributed by atoms with E-state index in [1.54, 1.807) is 0 Å². The highest BCUT2D eigenvalue weighted by molar-refractivity contribution is 7.98. The molecular formula is C8H11O4PS. The molecule has 0 amide bonds. The quantitative estimate of drug-likeness (QED) is 0.578. The van der Waals surface area contributed by atoms with E-state index in [0.717, 1.165) is 16.9 Å². The predicted molar refractivity (Wildman–Crippen MR) is 55.0 cm³/mol. The summed E-state index contributed by atoms with van der Waals surface area (Å²) in [6, 6.07) is 9.27. The lowest BCUT2D eigenvalue weighted by Crippen LogP contribution is -1.88. The van der Waals surface area contributed by atoms with Crippen LogP contribution in [0, 0.1) is 0 Å². The number of hydrogen-bond donors (Lipinski definition) is 0. The van der Waals surface area contributed by atoms with E-state index in [1.165, 1.54) is 14.2 Å². The van der Waals surface area contributed by atoms with Crippen LogP contribution in [0.3, 0.4) is 0 Å². The first-order valence-electron chi connectivity index (χ1n) is 3.83. The van der Waals surface area contributed by atoms with Crippen LogP contribution in [-0.2, 0) is 17.6 Å². The number of rotatable bonds is 5. The van der Waals surface area contributed by atoms with Crippen molar-refractivity contribution in [2.45, 2.75) is 4.90 Å². The normalized spacial score (nSPS) is 11.6. The molecule has 0 bridgehead atoms. The van der Waals surface area contributed by atoms with Gasteiger partial charge in [0.25, 0.3) is 0 Å². The zero-order chi connectivity index (χ0) is 10.4. The summed E-state index contributed by atoms with van der Waals surface area (Å²) in [5, 5.41) is 0. The van der Waals surface area contributed by atoms with Crippen molar-refractivity contribution >= 4 is 19.9 Å². The third kappa shape index (κ3) is 3.44. The van der Waals surface area contributed by atoms with Crippen molar-refractivity contribution in [3.8, 4) is 0 Å². The summed E-state index contributed by atoms with van der Waals surface area (Å²) in [7, 11) is -0.836. The van der Waals surface area contributed by atoms with Crippen LogP contribution in [0.1, 0.15) is 0 Å². The van der Waals surface area contributed by atoms with Crippen LogP contribution in [0.25, 0.3) is 0 Å². The summed E-state index contributed by atoms with van der Waals surface area (Å²) in [6.45, 7) is 0. The van der Waals surface area contributed by atoms with Crippen LogP contribution in [0.15, 0.2) is 35.2 Å². The highest BCUT2D eigenvalue weighted by atomic mass is 32.2. The van der Waals surface area contributed by atoms with Gasteiger partial charge in [-0.15, -0.1) is 0 Å². The molecule has 0 N–H and O–H groups in total. The van der Waals surface area contributed by atoms with Crippen LogP contribution in [0.4, 0.5) is 0 Å². The van der Waals surface area contributed by atoms with Crippen molar-refractivity contribution in [3.05, 3.63) is 30.3 Å². The van der Waals surface area contributed by atoms with Crippen LogP contribution < -0.4 is 0 Å². The van der Waals surface area contributed by atoms with Gasteiger partial charge in [-0.2, -0.15) is 0 Å². The summed E-state index contributed by atoms with van der Waals surface area (Å²) in [6.07, 6.45) is 0. The Morgan fingerprint density at radius 2 is 1.71 bits per heavy atom. The van der Waals surface area contributed by atoms with Gasteiger partial charge in [0.2, 0.25) is 0 Å². The maximum atomic E-state index is 11.4. The van der Waals surface area contributed by atoms with E-state index in [-0.39, 0.29) is 0 Å². The molecule has 1 rings (SSSR count). The average Bonchev–Trinajstić information content (AvgIpc) is 2.27. The van der Waals surface area contributed by atoms with Gasteiger partial charge in [-0.3, -0.25) is 9.05 Å². The lowest BCUT2D eigenvalue weighted by molar-refractivity contribution is 0.221. The van der Waals surface area contributed by atoms with Crippen molar-refractivity contribution in [1.29, 1.82) is 0 Å². The van der Waals surface area contributed by atoms with E-state index in [2.05, 4.69) is 9.05 Å². The van der Waals surface area contributed by atoms with Gasteiger partial charge < -0.3 is 0 Å². The smallest absolute Gasteiger partial charge is 0.290 e. The largest absolute Gasteiger partial charge is 0.485 e. The SMILES string of the molecule is COP(=O)(OC)OSc1ccccc1. The molecule has 4 nitrogen and oxygen atoms in total. The molecule has 0 aliphatic heterocycles. The van der Waals surface area contributed by atoms with Crippen LogP contribution in [0.2, 0.25) is 0 Å². The Hall–Kier alpha value is -0.320. The lowest BCUT2D eigenvalue weighted by atomic mass is 10.4. The van der Waals surface area contributed by atoms with Crippen LogP contribution >= 0.6 is 19.9 Å². The third-order valence-electron chi connectivity index (χ3n) is 1.42. The monoisotopic (exact) mass is 234 g/mol. The zero-order valence-electron chi connectivity index (χ0n) is 7.88. The molecule has 0 heterocycles. The molecule has 1 aromatic rings. The van der Waals surface area contributed by atoms with Gasteiger partial charge in [-0.05, 0) is 12.1 Å². The number of phosphoric acid groups is 1. The maximum absolute atomic E-state index is 11.4. The molecule has 0 aliphatic rings. The molecule has 0 unspecified atom stereocenters. The average molecular weight is 234 g/mol. The topological polar surface area (TPSA) is 44.8 Å². The van der Waals surface area contributed by atoms with Crippen molar-refractivity contribution in [3.63, 3.8) is 0 Å². The Morgan fingerprint density at radius 3 is 2.21 bits per heavy atom. The molecule has 0 saturated carbocycles. The Labute approximate surface area is 87.4 Å². The molecule has 0 atom stereocenters. The van der Waals surface area contributed by atoms with Crippen molar-refractivity contribution < 1.29 is 17.6 Å². The second kappa shape index (κ2) is 5.53. The van der Waals surface area contributed by atoms with E-state index >= 15 is 0 Å². The van der Waals surface area contributed by atoms with Gasteiger partial charge in [-0.1, -0.05) is 18.2 Å². The fourth-order valence-corrected chi connectivity index (χ4v) is 2.31. The second-order valence-electron chi connectivity index (χ2n) is 2.28. The standard InChI is InChI=1S/C8H11O4PS/c1-10-13(9,11-2)12-14-8-6-4-3-5-7-8/h3-7H,1-2H3. The van der Waals surface area contributed by atoms with E-state index in [1.807, 2.05) is 30.3 Å². The summed E-state index contributed by atoms with van der Waals surface area (Å²) in [5.74, 6) is 0. The molecule has 0 spiro atoms. The molecule has 0 radical (unpaired) electrons. The first kappa shape index (κ1) is 11.8. The first-order valence-corrected chi connectivity index (χ1v) is 6.03. The minimum absolute atomic E-state index is 0.835. The molecule has 0 fully saturated rings. The third-order valence-corrected chi connectivity index (χ3v) is 3.80. The van der Waals surface area contributed by atoms with E-state index in [0.29, 0.717) is 0 Å². The van der Waals surface area contributed by atoms with Gasteiger partial charge >= 0.3 is 7.82 Å². The Kier molecular flexibility index (Phi) is 4.65. The zero-order valence-corrected chi connectivity index (χ0v) is 9.59. The van der Waals surface area contributed by atoms with E-state index in [4.69, 9.17) is 3.97 Å². The number of phosphoric ester groups is 1. The van der Waals surface area contributed by atoms with Crippen molar-refractivity contribution in [1.82, 2.24) is 0 Å². The highest BCUT2D eigenvalue weighted by Crippen LogP contribution is 2.52. The van der Waals surface area contributed by atoms with E-state index < -0.39 is 7.82 Å². The van der Waals surface area contributed by atoms with Gasteiger partial charge in [0.15, 0.2) is 0 Å². The Morgan fingerprint density at radius 1 is 1.14 bits per heavy atom. The molecule has 78 valence electrons. The number of benzene rings is 1. The van der Waals surface area contributed by atoms with Gasteiger partial charge in [0.05, 0.1) is 0 Å². The fourth-order valence-electron chi connectivity index (χ4n) is 0.700. The first-order chi connectivity index (χ1) is 6.70. The van der Waals surface area contributed by atoms with Crippen LogP contribution in [0.5, 0.6) is 0 Å². The molecule has 6 heteroatoms. The molecule has 0 saturated heterocycles. The molecule has 14 heavy (non-hydrogen) atoms. The minimum atomic E-state index is -3.38. The fraction of sp³-hybridized carbons (Fsp3) is 0.250. The molecule has 1 aromatic carbocycles. The minimum Gasteiger partial charge on any atom is -0.290 e. The second-order valence-corrected chi connectivity index (χ2v) is 5.14. The Balaban J connectivity index is 2.52. The Bertz CT molecular complexity index is 308. The van der Waals surface area contributed by atoms with Crippen LogP contribution in [-0.4, -0.2) is 14.2 Å². The summed E-state index contributed by atoms with van der Waals surface area (Å²) in [4.78, 5) is 0.835. The summed E-state index contributed by atoms with van der Waals surface area (Å²) >= 11 is 0.963. The highest BCUT2D eigenvalue weighted by Gasteiger charge is 2.23. The van der Waals surface area contributed by atoms with Crippen molar-refractivity contribution in [2.75, 3.05) is 14.2 Å². The van der Waals surface area contributed by atoms with Gasteiger partial charge in [-0.25, -0.2) is 8.54 Å². The molecular weight excluding hydrogens is 223 g/mol. The predicted octanol–water partition coefficient (Wildman–Crippen LogP) is 3.11. The maximum Gasteiger partial charge on any atom is 0.485 e. The van der Waals surface area contributed by atoms with Crippen molar-refractivity contribution in [2.24, 2.45) is 0 Å². The molecule has 0 aromatic heterocycles. The van der Waals surface area contributed by atoms with Gasteiger partial charge in [0, 0.05) is 31.2 Å². The van der Waals surface area contributed by atoms with E-state index in [9.17, 15) is 4.57 Å². The molecule has 0 aliphatic carbocycles. The van der Waals surface area contributed by atoms with Gasteiger partial charge in [0.1, 0.15) is 0 Å². The number of hydrogen-bond acceptors (Lipinski definition) is 5. The summed E-state index contributed by atoms with van der Waals surface area (Å²) in [5.41, 5.74) is 0. The lowest BCUT2D eigenvalue weighted by Gasteiger charge is -2.11.